The van der Waals surface area contributed by atoms with Crippen molar-refractivity contribution < 1.29 is 14.7 Å². The zero-order valence-electron chi connectivity index (χ0n) is 8.77. The quantitative estimate of drug-likeness (QED) is 0.765. The van der Waals surface area contributed by atoms with Crippen LogP contribution in [0.1, 0.15) is 35.2 Å². The van der Waals surface area contributed by atoms with Crippen LogP contribution in [0.3, 0.4) is 0 Å². The van der Waals surface area contributed by atoms with Crippen LogP contribution in [0.2, 0.25) is 0 Å². The zero-order valence-corrected chi connectivity index (χ0v) is 8.77. The van der Waals surface area contributed by atoms with Gasteiger partial charge in [0.2, 0.25) is 0 Å². The van der Waals surface area contributed by atoms with Crippen molar-refractivity contribution in [3.63, 3.8) is 0 Å². The van der Waals surface area contributed by atoms with Gasteiger partial charge in [-0.1, -0.05) is 24.3 Å². The van der Waals surface area contributed by atoms with Crippen molar-refractivity contribution in [2.45, 2.75) is 24.8 Å². The highest BCUT2D eigenvalue weighted by Crippen LogP contribution is 2.41. The first-order chi connectivity index (χ1) is 7.66. The molecule has 1 fully saturated rings. The van der Waals surface area contributed by atoms with Crippen LogP contribution in [-0.2, 0) is 5.54 Å². The van der Waals surface area contributed by atoms with Gasteiger partial charge in [0.1, 0.15) is 6.29 Å². The molecule has 1 saturated carbocycles. The SMILES string of the molecule is O=Cc1ccc(C2(NC(=O)O)CCC2)cc1. The average molecular weight is 219 g/mol. The minimum atomic E-state index is -1.00. The van der Waals surface area contributed by atoms with Crippen LogP contribution in [0.4, 0.5) is 4.79 Å². The average Bonchev–Trinajstić information content (AvgIpc) is 2.23. The summed E-state index contributed by atoms with van der Waals surface area (Å²) in [5.41, 5.74) is 1.10. The maximum Gasteiger partial charge on any atom is 0.405 e. The summed E-state index contributed by atoms with van der Waals surface area (Å²) in [5.74, 6) is 0. The molecule has 0 bridgehead atoms. The van der Waals surface area contributed by atoms with Gasteiger partial charge in [-0.15, -0.1) is 0 Å². The number of hydrogen-bond donors (Lipinski definition) is 2. The Balaban J connectivity index is 2.26. The first-order valence-corrected chi connectivity index (χ1v) is 5.23. The number of carboxylic acid groups (broad SMARTS) is 1. The first-order valence-electron chi connectivity index (χ1n) is 5.23. The molecule has 1 aromatic carbocycles. The van der Waals surface area contributed by atoms with E-state index in [1.165, 1.54) is 0 Å². The van der Waals surface area contributed by atoms with Crippen LogP contribution in [-0.4, -0.2) is 17.5 Å². The fourth-order valence-electron chi connectivity index (χ4n) is 2.10. The zero-order chi connectivity index (χ0) is 11.6. The molecule has 16 heavy (non-hydrogen) atoms. The standard InChI is InChI=1S/C12H13NO3/c14-8-9-2-4-10(5-3-9)12(6-1-7-12)13-11(15)16/h2-5,8,13H,1,6-7H2,(H,15,16). The number of carbonyl (C=O) groups excluding carboxylic acids is 1. The molecule has 84 valence electrons. The number of carbonyl (C=O) groups is 2. The van der Waals surface area contributed by atoms with Crippen LogP contribution in [0.25, 0.3) is 0 Å². The highest BCUT2D eigenvalue weighted by Gasteiger charge is 2.39. The van der Waals surface area contributed by atoms with E-state index in [1.807, 2.05) is 12.1 Å². The molecule has 2 N–H and O–H groups in total. The molecule has 2 rings (SSSR count). The van der Waals surface area contributed by atoms with Gasteiger partial charge in [-0.25, -0.2) is 4.79 Å². The van der Waals surface area contributed by atoms with E-state index in [1.54, 1.807) is 12.1 Å². The summed E-state index contributed by atoms with van der Waals surface area (Å²) in [5, 5.41) is 11.4. The van der Waals surface area contributed by atoms with Gasteiger partial charge in [-0.3, -0.25) is 4.79 Å². The predicted molar refractivity (Wildman–Crippen MR) is 58.5 cm³/mol. The van der Waals surface area contributed by atoms with Crippen molar-refractivity contribution in [1.29, 1.82) is 0 Å². The Labute approximate surface area is 93.3 Å². The van der Waals surface area contributed by atoms with Crippen LogP contribution in [0.15, 0.2) is 24.3 Å². The lowest BCUT2D eigenvalue weighted by Crippen LogP contribution is -2.50. The molecule has 0 unspecified atom stereocenters. The number of nitrogens with one attached hydrogen (secondary N) is 1. The largest absolute Gasteiger partial charge is 0.465 e. The summed E-state index contributed by atoms with van der Waals surface area (Å²) in [7, 11) is 0. The first kappa shape index (κ1) is 10.7. The molecule has 0 radical (unpaired) electrons. The maximum absolute atomic E-state index is 10.7. The molecule has 0 saturated heterocycles. The number of hydrogen-bond acceptors (Lipinski definition) is 2. The lowest BCUT2D eigenvalue weighted by atomic mass is 9.72. The van der Waals surface area contributed by atoms with Crippen molar-refractivity contribution in [3.05, 3.63) is 35.4 Å². The molecule has 0 atom stereocenters. The number of aldehydes is 1. The van der Waals surface area contributed by atoms with Gasteiger partial charge < -0.3 is 10.4 Å². The third kappa shape index (κ3) is 1.78. The second-order valence-corrected chi connectivity index (χ2v) is 4.11. The fourth-order valence-corrected chi connectivity index (χ4v) is 2.10. The Bertz CT molecular complexity index is 407. The van der Waals surface area contributed by atoms with E-state index in [2.05, 4.69) is 5.32 Å². The molecule has 1 amide bonds. The van der Waals surface area contributed by atoms with Gasteiger partial charge in [0.05, 0.1) is 5.54 Å². The lowest BCUT2D eigenvalue weighted by Gasteiger charge is -2.42. The third-order valence-corrected chi connectivity index (χ3v) is 3.15. The van der Waals surface area contributed by atoms with Crippen LogP contribution in [0.5, 0.6) is 0 Å². The van der Waals surface area contributed by atoms with E-state index in [-0.39, 0.29) is 0 Å². The maximum atomic E-state index is 10.7. The smallest absolute Gasteiger partial charge is 0.405 e. The van der Waals surface area contributed by atoms with Gasteiger partial charge in [0.15, 0.2) is 0 Å². The molecule has 1 aliphatic rings. The molecule has 4 heteroatoms. The van der Waals surface area contributed by atoms with E-state index < -0.39 is 11.6 Å². The van der Waals surface area contributed by atoms with Gasteiger partial charge >= 0.3 is 6.09 Å². The Morgan fingerprint density at radius 3 is 2.31 bits per heavy atom. The van der Waals surface area contributed by atoms with E-state index in [9.17, 15) is 9.59 Å². The highest BCUT2D eigenvalue weighted by molar-refractivity contribution is 5.74. The van der Waals surface area contributed by atoms with Gasteiger partial charge in [-0.2, -0.15) is 0 Å². The monoisotopic (exact) mass is 219 g/mol. The minimum absolute atomic E-state index is 0.437. The van der Waals surface area contributed by atoms with Crippen LogP contribution < -0.4 is 5.32 Å². The van der Waals surface area contributed by atoms with Gasteiger partial charge in [-0.05, 0) is 24.8 Å². The van der Waals surface area contributed by atoms with Crippen molar-refractivity contribution in [1.82, 2.24) is 5.32 Å². The van der Waals surface area contributed by atoms with E-state index in [0.29, 0.717) is 5.56 Å². The number of benzene rings is 1. The minimum Gasteiger partial charge on any atom is -0.465 e. The molecule has 0 heterocycles. The highest BCUT2D eigenvalue weighted by atomic mass is 16.4. The third-order valence-electron chi connectivity index (χ3n) is 3.15. The van der Waals surface area contributed by atoms with E-state index in [0.717, 1.165) is 31.1 Å². The second kappa shape index (κ2) is 3.96. The molecule has 1 aromatic rings. The Morgan fingerprint density at radius 2 is 1.94 bits per heavy atom. The predicted octanol–water partition coefficient (Wildman–Crippen LogP) is 2.15. The molecule has 0 spiro atoms. The normalized spacial score (nSPS) is 17.2. The molecule has 0 aromatic heterocycles. The summed E-state index contributed by atoms with van der Waals surface area (Å²) < 4.78 is 0. The summed E-state index contributed by atoms with van der Waals surface area (Å²) in [6, 6.07) is 7.07. The molecule has 4 nitrogen and oxygen atoms in total. The second-order valence-electron chi connectivity index (χ2n) is 4.11. The van der Waals surface area contributed by atoms with E-state index >= 15 is 0 Å². The summed E-state index contributed by atoms with van der Waals surface area (Å²) >= 11 is 0. The Kier molecular flexibility index (Phi) is 2.64. The lowest BCUT2D eigenvalue weighted by molar-refractivity contribution is 0.112. The van der Waals surface area contributed by atoms with E-state index in [4.69, 9.17) is 5.11 Å². The summed E-state index contributed by atoms with van der Waals surface area (Å²) in [4.78, 5) is 21.3. The van der Waals surface area contributed by atoms with Crippen molar-refractivity contribution >= 4 is 12.4 Å². The van der Waals surface area contributed by atoms with Gasteiger partial charge in [0.25, 0.3) is 0 Å². The molecule has 1 aliphatic carbocycles. The fraction of sp³-hybridized carbons (Fsp3) is 0.333. The summed E-state index contributed by atoms with van der Waals surface area (Å²) in [6.45, 7) is 0. The van der Waals surface area contributed by atoms with Crippen LogP contribution >= 0.6 is 0 Å². The number of rotatable bonds is 3. The van der Waals surface area contributed by atoms with Crippen LogP contribution in [0, 0.1) is 0 Å². The Morgan fingerprint density at radius 1 is 1.31 bits per heavy atom. The van der Waals surface area contributed by atoms with Crippen molar-refractivity contribution in [2.24, 2.45) is 0 Å². The summed E-state index contributed by atoms with van der Waals surface area (Å²) in [6.07, 6.45) is 2.44. The van der Waals surface area contributed by atoms with Crippen molar-refractivity contribution in [2.75, 3.05) is 0 Å². The number of amides is 1. The van der Waals surface area contributed by atoms with Crippen molar-refractivity contribution in [3.8, 4) is 0 Å². The Hall–Kier alpha value is -1.84. The molecular formula is C12H13NO3. The molecule has 0 aliphatic heterocycles. The molecular weight excluding hydrogens is 206 g/mol. The van der Waals surface area contributed by atoms with Gasteiger partial charge in [0, 0.05) is 5.56 Å². The topological polar surface area (TPSA) is 66.4 Å².